The Morgan fingerprint density at radius 3 is 1.50 bits per heavy atom. The van der Waals surface area contributed by atoms with Gasteiger partial charge in [0.1, 0.15) is 0 Å². The van der Waals surface area contributed by atoms with E-state index >= 15 is 0 Å². The Hall–Kier alpha value is -1.21. The third kappa shape index (κ3) is 9.29. The molecule has 170 valence electrons. The van der Waals surface area contributed by atoms with E-state index in [1.807, 2.05) is 81.5 Å². The highest BCUT2D eigenvalue weighted by atomic mass is 32.1. The Labute approximate surface area is 190 Å². The fourth-order valence-electron chi connectivity index (χ4n) is 2.88. The van der Waals surface area contributed by atoms with E-state index in [-0.39, 0.29) is 18.1 Å². The van der Waals surface area contributed by atoms with Gasteiger partial charge in [-0.05, 0) is 47.6 Å². The molecule has 0 bridgehead atoms. The topological polar surface area (TPSA) is 60.8 Å². The van der Waals surface area contributed by atoms with Gasteiger partial charge in [-0.2, -0.15) is 0 Å². The van der Waals surface area contributed by atoms with Crippen molar-refractivity contribution in [1.82, 2.24) is 4.90 Å². The number of hydrogen-bond donors (Lipinski definition) is 2. The molecule has 0 saturated carbocycles. The molecular weight excluding hydrogens is 414 g/mol. The van der Waals surface area contributed by atoms with Crippen molar-refractivity contribution in [3.63, 3.8) is 0 Å². The number of thiophene rings is 2. The summed E-state index contributed by atoms with van der Waals surface area (Å²) in [7, 11) is 0. The molecule has 0 spiro atoms. The fourth-order valence-corrected chi connectivity index (χ4v) is 4.64. The quantitative estimate of drug-likeness (QED) is 0.571. The van der Waals surface area contributed by atoms with E-state index in [2.05, 4.69) is 0 Å². The van der Waals surface area contributed by atoms with Crippen LogP contribution in [0.2, 0.25) is 0 Å². The van der Waals surface area contributed by atoms with E-state index in [1.54, 1.807) is 22.7 Å². The van der Waals surface area contributed by atoms with Crippen LogP contribution in [0.15, 0.2) is 35.0 Å². The predicted molar refractivity (Wildman–Crippen MR) is 129 cm³/mol. The molecule has 3 rings (SSSR count). The summed E-state index contributed by atoms with van der Waals surface area (Å²) in [5, 5.41) is 23.0. The second kappa shape index (κ2) is 14.0. The lowest BCUT2D eigenvalue weighted by Crippen LogP contribution is -2.31. The maximum Gasteiger partial charge on any atom is 0.225 e. The number of aliphatic hydroxyl groups is 2. The van der Waals surface area contributed by atoms with Crippen molar-refractivity contribution < 1.29 is 15.0 Å². The Bertz CT molecular complexity index is 631. The SMILES string of the molecule is CC(C)C(=O)N1CCCC1.CC(C)[C@@H](O)c1cccs1.CC(C)[C@H](O)c1cccs1. The molecule has 1 amide bonds. The van der Waals surface area contributed by atoms with E-state index in [9.17, 15) is 15.0 Å². The third-order valence-corrected chi connectivity index (χ3v) is 6.73. The Kier molecular flexibility index (Phi) is 12.5. The molecule has 2 N–H and O–H groups in total. The first-order chi connectivity index (χ1) is 14.1. The first kappa shape index (κ1) is 26.8. The van der Waals surface area contributed by atoms with Gasteiger partial charge in [0, 0.05) is 28.8 Å². The molecule has 1 aliphatic heterocycles. The number of rotatable bonds is 5. The lowest BCUT2D eigenvalue weighted by Gasteiger charge is -2.17. The molecule has 2 aromatic rings. The van der Waals surface area contributed by atoms with Gasteiger partial charge in [0.05, 0.1) is 12.2 Å². The molecule has 0 unspecified atom stereocenters. The average Bonchev–Trinajstić information content (AvgIpc) is 3.49. The van der Waals surface area contributed by atoms with Gasteiger partial charge in [0.2, 0.25) is 5.91 Å². The van der Waals surface area contributed by atoms with Crippen LogP contribution in [0, 0.1) is 17.8 Å². The molecule has 3 heterocycles. The average molecular weight is 454 g/mol. The van der Waals surface area contributed by atoms with Crippen LogP contribution < -0.4 is 0 Å². The Balaban J connectivity index is 0.000000225. The number of carbonyl (C=O) groups excluding carboxylic acids is 1. The van der Waals surface area contributed by atoms with Gasteiger partial charge in [0.25, 0.3) is 0 Å². The summed E-state index contributed by atoms with van der Waals surface area (Å²) in [6.07, 6.45) is 1.83. The van der Waals surface area contributed by atoms with Gasteiger partial charge in [-0.25, -0.2) is 0 Å². The smallest absolute Gasteiger partial charge is 0.225 e. The summed E-state index contributed by atoms with van der Waals surface area (Å²) in [4.78, 5) is 15.4. The van der Waals surface area contributed by atoms with Crippen LogP contribution in [-0.4, -0.2) is 34.1 Å². The Morgan fingerprint density at radius 1 is 0.833 bits per heavy atom. The van der Waals surface area contributed by atoms with Crippen LogP contribution in [0.25, 0.3) is 0 Å². The molecule has 1 saturated heterocycles. The van der Waals surface area contributed by atoms with Gasteiger partial charge in [-0.3, -0.25) is 4.79 Å². The number of aliphatic hydroxyl groups excluding tert-OH is 2. The lowest BCUT2D eigenvalue weighted by atomic mass is 10.1. The summed E-state index contributed by atoms with van der Waals surface area (Å²) < 4.78 is 0. The van der Waals surface area contributed by atoms with E-state index in [0.29, 0.717) is 17.7 Å². The molecule has 4 nitrogen and oxygen atoms in total. The zero-order valence-corrected chi connectivity index (χ0v) is 20.9. The second-order valence-corrected chi connectivity index (χ2v) is 10.6. The number of nitrogens with zero attached hydrogens (tertiary/aromatic N) is 1. The van der Waals surface area contributed by atoms with Crippen molar-refractivity contribution in [2.24, 2.45) is 17.8 Å². The highest BCUT2D eigenvalue weighted by Gasteiger charge is 2.19. The maximum atomic E-state index is 11.3. The first-order valence-electron chi connectivity index (χ1n) is 10.9. The van der Waals surface area contributed by atoms with Gasteiger partial charge < -0.3 is 15.1 Å². The summed E-state index contributed by atoms with van der Waals surface area (Å²) in [5.41, 5.74) is 0. The van der Waals surface area contributed by atoms with Crippen LogP contribution in [0.4, 0.5) is 0 Å². The zero-order valence-electron chi connectivity index (χ0n) is 19.2. The van der Waals surface area contributed by atoms with Crippen molar-refractivity contribution in [3.8, 4) is 0 Å². The summed E-state index contributed by atoms with van der Waals surface area (Å²) in [6, 6.07) is 7.86. The van der Waals surface area contributed by atoms with Crippen molar-refractivity contribution in [3.05, 3.63) is 44.8 Å². The molecule has 1 fully saturated rings. The van der Waals surface area contributed by atoms with Crippen LogP contribution in [0.5, 0.6) is 0 Å². The first-order valence-corrected chi connectivity index (χ1v) is 12.6. The van der Waals surface area contributed by atoms with Gasteiger partial charge in [0.15, 0.2) is 0 Å². The van der Waals surface area contributed by atoms with Crippen molar-refractivity contribution in [2.45, 2.75) is 66.6 Å². The van der Waals surface area contributed by atoms with Crippen LogP contribution >= 0.6 is 22.7 Å². The molecule has 30 heavy (non-hydrogen) atoms. The van der Waals surface area contributed by atoms with Crippen molar-refractivity contribution in [2.75, 3.05) is 13.1 Å². The highest BCUT2D eigenvalue weighted by Crippen LogP contribution is 2.25. The third-order valence-electron chi connectivity index (χ3n) is 4.84. The number of carbonyl (C=O) groups is 1. The standard InChI is InChI=1S/C8H15NO.2C8H12OS/c1-7(2)8(10)9-5-3-4-6-9;2*1-6(2)8(9)7-4-3-5-10-7/h7H,3-6H2,1-2H3;2*3-6,8-9H,1-2H3/t;2*8-/m.10/s1. The molecule has 0 radical (unpaired) electrons. The van der Waals surface area contributed by atoms with Crippen LogP contribution in [0.3, 0.4) is 0 Å². The molecule has 6 heteroatoms. The molecule has 0 aromatic carbocycles. The monoisotopic (exact) mass is 453 g/mol. The van der Waals surface area contributed by atoms with E-state index in [4.69, 9.17) is 0 Å². The van der Waals surface area contributed by atoms with Crippen molar-refractivity contribution in [1.29, 1.82) is 0 Å². The van der Waals surface area contributed by atoms with Crippen molar-refractivity contribution >= 4 is 28.6 Å². The highest BCUT2D eigenvalue weighted by molar-refractivity contribution is 7.10. The minimum Gasteiger partial charge on any atom is -0.387 e. The molecule has 0 aliphatic carbocycles. The molecular formula is C24H39NO3S2. The van der Waals surface area contributed by atoms with E-state index < -0.39 is 0 Å². The number of hydrogen-bond acceptors (Lipinski definition) is 5. The zero-order chi connectivity index (χ0) is 22.7. The van der Waals surface area contributed by atoms with Crippen LogP contribution in [0.1, 0.15) is 76.3 Å². The Morgan fingerprint density at radius 2 is 1.23 bits per heavy atom. The van der Waals surface area contributed by atoms with Gasteiger partial charge >= 0.3 is 0 Å². The largest absolute Gasteiger partial charge is 0.387 e. The summed E-state index contributed by atoms with van der Waals surface area (Å²) >= 11 is 3.22. The summed E-state index contributed by atoms with van der Waals surface area (Å²) in [5.74, 6) is 1.13. The number of likely N-dealkylation sites (tertiary alicyclic amines) is 1. The van der Waals surface area contributed by atoms with Gasteiger partial charge in [-0.1, -0.05) is 53.7 Å². The van der Waals surface area contributed by atoms with E-state index in [1.165, 1.54) is 12.8 Å². The normalized spacial score (nSPS) is 15.5. The molecule has 1 aliphatic rings. The summed E-state index contributed by atoms with van der Waals surface area (Å²) in [6.45, 7) is 14.0. The minimum atomic E-state index is -0.278. The lowest BCUT2D eigenvalue weighted by molar-refractivity contribution is -0.133. The minimum absolute atomic E-state index is 0.179. The van der Waals surface area contributed by atoms with Crippen LogP contribution in [-0.2, 0) is 4.79 Å². The number of amides is 1. The van der Waals surface area contributed by atoms with Gasteiger partial charge in [-0.15, -0.1) is 22.7 Å². The maximum absolute atomic E-state index is 11.3. The predicted octanol–water partition coefficient (Wildman–Crippen LogP) is 6.14. The fraction of sp³-hybridized carbons (Fsp3) is 0.625. The van der Waals surface area contributed by atoms with E-state index in [0.717, 1.165) is 22.8 Å². The molecule has 2 aromatic heterocycles. The second-order valence-electron chi connectivity index (χ2n) is 8.60. The molecule has 2 atom stereocenters.